The van der Waals surface area contributed by atoms with Crippen molar-refractivity contribution in [1.82, 2.24) is 19.0 Å². The topological polar surface area (TPSA) is 87.6 Å². The number of aryl methyl sites for hydroxylation is 1. The Morgan fingerprint density at radius 3 is 2.42 bits per heavy atom. The van der Waals surface area contributed by atoms with Gasteiger partial charge in [0.2, 0.25) is 5.88 Å². The number of rotatable bonds is 10. The van der Waals surface area contributed by atoms with Gasteiger partial charge in [0.05, 0.1) is 11.7 Å². The van der Waals surface area contributed by atoms with E-state index in [0.717, 1.165) is 42.2 Å². The van der Waals surface area contributed by atoms with Crippen LogP contribution in [-0.2, 0) is 4.79 Å². The largest absolute Gasteiger partial charge is 0.481 e. The van der Waals surface area contributed by atoms with Gasteiger partial charge in [-0.2, -0.15) is 16.1 Å². The number of carboxylic acids is 1. The minimum atomic E-state index is -0.935. The molecule has 2 N–H and O–H groups in total. The van der Waals surface area contributed by atoms with Gasteiger partial charge in [-0.1, -0.05) is 58.9 Å². The molecule has 0 aromatic carbocycles. The van der Waals surface area contributed by atoms with Gasteiger partial charge in [-0.15, -0.1) is 4.37 Å². The molecule has 0 spiro atoms. The number of hydrogen-bond donors (Lipinski definition) is 2. The first-order valence-electron chi connectivity index (χ1n) is 21.9. The summed E-state index contributed by atoms with van der Waals surface area (Å²) in [6.45, 7) is 26.9. The third kappa shape index (κ3) is 6.54. The Labute approximate surface area is 340 Å². The zero-order chi connectivity index (χ0) is 39.0. The van der Waals surface area contributed by atoms with E-state index in [4.69, 9.17) is 4.74 Å². The molecule has 0 amide bonds. The van der Waals surface area contributed by atoms with Gasteiger partial charge in [-0.05, 0) is 153 Å². The fraction of sp³-hybridized carbons (Fsp3) is 0.804. The molecule has 55 heavy (non-hydrogen) atoms. The zero-order valence-electron chi connectivity index (χ0n) is 35.1. The predicted octanol–water partition coefficient (Wildman–Crippen LogP) is 9.85. The fourth-order valence-corrected chi connectivity index (χ4v) is 16.1. The number of carboxylic acid groups (broad SMARTS) is 1. The highest BCUT2D eigenvalue weighted by Crippen LogP contribution is 2.74. The van der Waals surface area contributed by atoms with Crippen molar-refractivity contribution in [3.05, 3.63) is 41.1 Å². The Bertz CT molecular complexity index is 1700. The Balaban J connectivity index is 1.02. The molecule has 304 valence electrons. The molecule has 7 aliphatic rings. The van der Waals surface area contributed by atoms with E-state index in [1.54, 1.807) is 0 Å². The van der Waals surface area contributed by atoms with Crippen molar-refractivity contribution in [1.29, 1.82) is 0 Å². The van der Waals surface area contributed by atoms with Crippen LogP contribution in [0.25, 0.3) is 0 Å². The average molecular weight is 791 g/mol. The lowest BCUT2D eigenvalue weighted by atomic mass is 9.35. The van der Waals surface area contributed by atoms with Gasteiger partial charge in [0.15, 0.2) is 0 Å². The fourth-order valence-electron chi connectivity index (χ4n) is 14.6. The van der Waals surface area contributed by atoms with Crippen LogP contribution in [0, 0.1) is 70.0 Å². The smallest absolute Gasteiger partial charge is 0.313 e. The second-order valence-electron chi connectivity index (χ2n) is 20.5. The number of fused-ring (bicyclic) bond motifs is 7. The maximum absolute atomic E-state index is 12.7. The number of carbonyl (C=O) groups is 1. The summed E-state index contributed by atoms with van der Waals surface area (Å²) >= 11 is 3.22. The first-order valence-corrected chi connectivity index (χ1v) is 23.8. The number of nitrogens with zero attached hydrogens (tertiary/aromatic N) is 3. The molecule has 1 unspecified atom stereocenters. The van der Waals surface area contributed by atoms with E-state index in [2.05, 4.69) is 91.0 Å². The molecule has 4 saturated carbocycles. The lowest BCUT2D eigenvalue weighted by molar-refractivity contribution is -0.201. The Hall–Kier alpha value is -1.68. The molecule has 0 radical (unpaired) electrons. The van der Waals surface area contributed by atoms with Crippen LogP contribution in [0.15, 0.2) is 35.5 Å². The zero-order valence-corrected chi connectivity index (χ0v) is 36.7. The standard InChI is InChI=1S/C46H70N4O3S2/c1-29(2)33-13-18-46(47-21-22-50-23-25-54-26-24-50)20-19-44(8)36(39(33)46)10-9-35-38-30(3)27-37(42(5,6)34(38)14-15-43(35,44)7)32-11-16-45(17-12-32,41(51)52)28-53-40-31(4)48-55-49-40/h11,27,30,33-36,38-39,47H,1,9-10,12-26,28H2,2-8H3,(H,51,52)/t30-,33-,34+,35+,36+,38-,39+,43+,44+,45?,46-/m0/s1. The van der Waals surface area contributed by atoms with E-state index in [1.165, 1.54) is 99.2 Å². The number of nitrogens with one attached hydrogen (secondary N) is 1. The summed E-state index contributed by atoms with van der Waals surface area (Å²) in [5.74, 6) is 6.94. The Morgan fingerprint density at radius 1 is 1.00 bits per heavy atom. The van der Waals surface area contributed by atoms with Gasteiger partial charge < -0.3 is 20.1 Å². The van der Waals surface area contributed by atoms with Gasteiger partial charge in [0.1, 0.15) is 17.7 Å². The highest BCUT2D eigenvalue weighted by atomic mass is 32.2. The number of allylic oxidation sites excluding steroid dienone is 5. The van der Waals surface area contributed by atoms with Crippen LogP contribution in [-0.4, -0.2) is 74.6 Å². The van der Waals surface area contributed by atoms with Crippen molar-refractivity contribution < 1.29 is 14.6 Å². The van der Waals surface area contributed by atoms with E-state index in [-0.39, 0.29) is 17.6 Å². The monoisotopic (exact) mass is 790 g/mol. The third-order valence-corrected chi connectivity index (χ3v) is 19.5. The maximum Gasteiger partial charge on any atom is 0.313 e. The number of thioether (sulfide) groups is 1. The summed E-state index contributed by atoms with van der Waals surface area (Å²) in [7, 11) is 0. The predicted molar refractivity (Wildman–Crippen MR) is 227 cm³/mol. The third-order valence-electron chi connectivity index (χ3n) is 17.9. The second kappa shape index (κ2) is 14.9. The molecule has 7 nitrogen and oxygen atoms in total. The molecule has 1 aromatic rings. The molecular weight excluding hydrogens is 721 g/mol. The van der Waals surface area contributed by atoms with Gasteiger partial charge in [-0.25, -0.2) is 0 Å². The molecule has 1 saturated heterocycles. The molecule has 9 heteroatoms. The maximum atomic E-state index is 12.7. The van der Waals surface area contributed by atoms with Crippen LogP contribution in [0.1, 0.15) is 118 Å². The number of aliphatic carboxylic acids is 1. The van der Waals surface area contributed by atoms with Gasteiger partial charge >= 0.3 is 5.97 Å². The van der Waals surface area contributed by atoms with Crippen LogP contribution in [0.4, 0.5) is 0 Å². The van der Waals surface area contributed by atoms with Gasteiger partial charge in [-0.3, -0.25) is 4.79 Å². The summed E-state index contributed by atoms with van der Waals surface area (Å²) in [4.78, 5) is 15.4. The van der Waals surface area contributed by atoms with Crippen LogP contribution >= 0.6 is 23.5 Å². The molecule has 0 bridgehead atoms. The normalized spacial score (nSPS) is 42.6. The summed E-state index contributed by atoms with van der Waals surface area (Å²) in [6, 6.07) is 0. The SMILES string of the molecule is C=C(C)[C@@H]1CC[C@]2(NCCN3CCSCC3)CC[C@]3(C)[C@H](CC[C@@H]4[C@@H]5[C@@H](CC[C@]43C)C(C)(C)C(C3=CCC(COc4nsnc4C)(C(=O)O)CC3)=C[C@@H]5C)[C@@H]12. The van der Waals surface area contributed by atoms with Gasteiger partial charge in [0, 0.05) is 43.2 Å². The first kappa shape index (κ1) is 40.1. The summed E-state index contributed by atoms with van der Waals surface area (Å²) < 4.78 is 14.4. The molecule has 2 heterocycles. The van der Waals surface area contributed by atoms with Crippen molar-refractivity contribution in [3.63, 3.8) is 0 Å². The minimum Gasteiger partial charge on any atom is -0.481 e. The van der Waals surface area contributed by atoms with Crippen molar-refractivity contribution in [2.24, 2.45) is 63.1 Å². The molecule has 8 rings (SSSR count). The van der Waals surface area contributed by atoms with E-state index in [9.17, 15) is 9.90 Å². The Kier molecular flexibility index (Phi) is 10.8. The van der Waals surface area contributed by atoms with Crippen molar-refractivity contribution in [2.45, 2.75) is 125 Å². The van der Waals surface area contributed by atoms with Crippen molar-refractivity contribution in [3.8, 4) is 5.88 Å². The van der Waals surface area contributed by atoms with E-state index in [0.29, 0.717) is 59.1 Å². The van der Waals surface area contributed by atoms with Crippen LogP contribution in [0.3, 0.4) is 0 Å². The second-order valence-corrected chi connectivity index (χ2v) is 22.3. The number of ether oxygens (including phenoxy) is 1. The van der Waals surface area contributed by atoms with E-state index >= 15 is 0 Å². The van der Waals surface area contributed by atoms with Gasteiger partial charge in [0.25, 0.3) is 0 Å². The summed E-state index contributed by atoms with van der Waals surface area (Å²) in [6.07, 6.45) is 17.4. The first-order chi connectivity index (χ1) is 26.2. The highest BCUT2D eigenvalue weighted by molar-refractivity contribution is 7.99. The molecule has 11 atom stereocenters. The van der Waals surface area contributed by atoms with Crippen LogP contribution in [0.5, 0.6) is 5.88 Å². The highest BCUT2D eigenvalue weighted by Gasteiger charge is 2.69. The van der Waals surface area contributed by atoms with E-state index < -0.39 is 11.4 Å². The average Bonchev–Trinajstić information content (AvgIpc) is 3.76. The molecular formula is C46H70N4O3S2. The minimum absolute atomic E-state index is 0.0559. The van der Waals surface area contributed by atoms with Crippen molar-refractivity contribution in [2.75, 3.05) is 44.3 Å². The van der Waals surface area contributed by atoms with Crippen LogP contribution < -0.4 is 10.1 Å². The summed E-state index contributed by atoms with van der Waals surface area (Å²) in [5, 5.41) is 14.8. The quantitative estimate of drug-likeness (QED) is 0.227. The lowest BCUT2D eigenvalue weighted by Gasteiger charge is -2.70. The number of hydrogen-bond acceptors (Lipinski definition) is 8. The lowest BCUT2D eigenvalue weighted by Crippen LogP contribution is -2.67. The number of aromatic nitrogens is 2. The molecule has 5 fully saturated rings. The van der Waals surface area contributed by atoms with E-state index in [1.807, 2.05) is 6.92 Å². The van der Waals surface area contributed by atoms with Crippen LogP contribution in [0.2, 0.25) is 0 Å². The van der Waals surface area contributed by atoms with Crippen molar-refractivity contribution >= 4 is 29.5 Å². The summed E-state index contributed by atoms with van der Waals surface area (Å²) in [5.41, 5.74) is 5.10. The Morgan fingerprint density at radius 2 is 1.75 bits per heavy atom. The molecule has 6 aliphatic carbocycles. The molecule has 1 aromatic heterocycles. The molecule has 1 aliphatic heterocycles.